The summed E-state index contributed by atoms with van der Waals surface area (Å²) in [4.78, 5) is 29.9. The van der Waals surface area contributed by atoms with Gasteiger partial charge in [-0.1, -0.05) is 6.07 Å². The number of halogens is 2. The Morgan fingerprint density at radius 1 is 1.36 bits per heavy atom. The summed E-state index contributed by atoms with van der Waals surface area (Å²) in [6.45, 7) is 0. The third-order valence-corrected chi connectivity index (χ3v) is 4.32. The molecule has 3 rings (SSSR count). The van der Waals surface area contributed by atoms with Crippen LogP contribution in [0.15, 0.2) is 42.7 Å². The molecular formula is C18H17F2N3O2. The maximum atomic E-state index is 13.7. The van der Waals surface area contributed by atoms with E-state index in [4.69, 9.17) is 0 Å². The van der Waals surface area contributed by atoms with Crippen LogP contribution in [-0.4, -0.2) is 34.8 Å². The first-order valence-corrected chi connectivity index (χ1v) is 7.84. The lowest BCUT2D eigenvalue weighted by Crippen LogP contribution is -2.39. The van der Waals surface area contributed by atoms with Gasteiger partial charge in [-0.05, 0) is 29.8 Å². The molecule has 1 fully saturated rings. The van der Waals surface area contributed by atoms with Crippen molar-refractivity contribution in [3.8, 4) is 0 Å². The molecule has 0 radical (unpaired) electrons. The maximum absolute atomic E-state index is 13.7. The number of hydrogen-bond donors (Lipinski definition) is 1. The first-order valence-electron chi connectivity index (χ1n) is 7.84. The molecule has 1 aliphatic heterocycles. The van der Waals surface area contributed by atoms with E-state index in [0.29, 0.717) is 0 Å². The number of aromatic nitrogens is 1. The van der Waals surface area contributed by atoms with Gasteiger partial charge in [0, 0.05) is 31.4 Å². The van der Waals surface area contributed by atoms with Gasteiger partial charge in [-0.3, -0.25) is 14.6 Å². The standard InChI is InChI=1S/C18H17F2N3O2/c1-23-17(25)9-15(18(23)11-3-2-6-21-10-11)22-16(24)8-12-7-13(19)4-5-14(12)20/h2-7,10,15,18H,8-9H2,1H3,(H,22,24)/t15-,18+/m1/s1. The predicted octanol–water partition coefficient (Wildman–Crippen LogP) is 1.99. The fourth-order valence-electron chi connectivity index (χ4n) is 3.12. The first-order chi connectivity index (χ1) is 12.0. The van der Waals surface area contributed by atoms with Gasteiger partial charge in [-0.25, -0.2) is 8.78 Å². The van der Waals surface area contributed by atoms with E-state index in [-0.39, 0.29) is 30.4 Å². The van der Waals surface area contributed by atoms with E-state index in [9.17, 15) is 18.4 Å². The van der Waals surface area contributed by atoms with Crippen LogP contribution in [0.25, 0.3) is 0 Å². The highest BCUT2D eigenvalue weighted by atomic mass is 19.1. The number of benzene rings is 1. The van der Waals surface area contributed by atoms with Gasteiger partial charge < -0.3 is 10.2 Å². The number of nitrogens with zero attached hydrogens (tertiary/aromatic N) is 2. The van der Waals surface area contributed by atoms with Gasteiger partial charge in [0.25, 0.3) is 0 Å². The highest BCUT2D eigenvalue weighted by Gasteiger charge is 2.39. The normalized spacial score (nSPS) is 20.0. The van der Waals surface area contributed by atoms with E-state index in [2.05, 4.69) is 10.3 Å². The zero-order valence-corrected chi connectivity index (χ0v) is 13.6. The third kappa shape index (κ3) is 3.65. The number of likely N-dealkylation sites (tertiary alicyclic amines) is 1. The van der Waals surface area contributed by atoms with Crippen LogP contribution in [0.3, 0.4) is 0 Å². The number of amides is 2. The van der Waals surface area contributed by atoms with Gasteiger partial charge in [0.1, 0.15) is 11.6 Å². The fourth-order valence-corrected chi connectivity index (χ4v) is 3.12. The van der Waals surface area contributed by atoms with Crippen LogP contribution in [0.5, 0.6) is 0 Å². The Balaban J connectivity index is 1.75. The SMILES string of the molecule is CN1C(=O)C[C@@H](NC(=O)Cc2cc(F)ccc2F)[C@@H]1c1cccnc1. The van der Waals surface area contributed by atoms with Gasteiger partial charge in [0.05, 0.1) is 18.5 Å². The van der Waals surface area contributed by atoms with Crippen molar-refractivity contribution in [1.29, 1.82) is 0 Å². The molecule has 1 aliphatic rings. The molecule has 0 bridgehead atoms. The molecule has 0 aliphatic carbocycles. The van der Waals surface area contributed by atoms with E-state index in [1.807, 2.05) is 6.07 Å². The number of rotatable bonds is 4. The molecule has 2 aromatic rings. The van der Waals surface area contributed by atoms with Gasteiger partial charge >= 0.3 is 0 Å². The molecule has 1 aromatic heterocycles. The number of likely N-dealkylation sites (N-methyl/N-ethyl adjacent to an activating group) is 1. The maximum Gasteiger partial charge on any atom is 0.225 e. The highest BCUT2D eigenvalue weighted by molar-refractivity contribution is 5.83. The summed E-state index contributed by atoms with van der Waals surface area (Å²) in [5.41, 5.74) is 0.784. The number of pyridine rings is 1. The van der Waals surface area contributed by atoms with Crippen LogP contribution >= 0.6 is 0 Å². The molecule has 0 unspecified atom stereocenters. The molecule has 1 N–H and O–H groups in total. The number of nitrogens with one attached hydrogen (secondary N) is 1. The quantitative estimate of drug-likeness (QED) is 0.922. The summed E-state index contributed by atoms with van der Waals surface area (Å²) < 4.78 is 26.9. The Morgan fingerprint density at radius 3 is 2.88 bits per heavy atom. The molecule has 2 amide bonds. The molecule has 0 saturated carbocycles. The summed E-state index contributed by atoms with van der Waals surface area (Å²) in [5, 5.41) is 2.77. The highest BCUT2D eigenvalue weighted by Crippen LogP contribution is 2.31. The summed E-state index contributed by atoms with van der Waals surface area (Å²) in [6.07, 6.45) is 3.12. The predicted molar refractivity (Wildman–Crippen MR) is 86.4 cm³/mol. The Labute approximate surface area is 143 Å². The van der Waals surface area contributed by atoms with E-state index in [1.54, 1.807) is 30.4 Å². The molecule has 2 atom stereocenters. The molecular weight excluding hydrogens is 328 g/mol. The summed E-state index contributed by atoms with van der Waals surface area (Å²) in [7, 11) is 1.67. The van der Waals surface area contributed by atoms with E-state index in [0.717, 1.165) is 23.8 Å². The van der Waals surface area contributed by atoms with Gasteiger partial charge in [0.2, 0.25) is 11.8 Å². The van der Waals surface area contributed by atoms with Crippen molar-refractivity contribution in [2.75, 3.05) is 7.05 Å². The number of carbonyl (C=O) groups is 2. The second-order valence-corrected chi connectivity index (χ2v) is 6.03. The Kier molecular flexibility index (Phi) is 4.74. The summed E-state index contributed by atoms with van der Waals surface area (Å²) in [5.74, 6) is -1.81. The van der Waals surface area contributed by atoms with Crippen LogP contribution in [0.2, 0.25) is 0 Å². The van der Waals surface area contributed by atoms with Crippen molar-refractivity contribution in [2.24, 2.45) is 0 Å². The van der Waals surface area contributed by atoms with Crippen molar-refractivity contribution in [3.63, 3.8) is 0 Å². The number of hydrogen-bond acceptors (Lipinski definition) is 3. The molecule has 1 aromatic carbocycles. The summed E-state index contributed by atoms with van der Waals surface area (Å²) >= 11 is 0. The van der Waals surface area contributed by atoms with Crippen molar-refractivity contribution in [2.45, 2.75) is 24.9 Å². The first kappa shape index (κ1) is 17.0. The molecule has 25 heavy (non-hydrogen) atoms. The zero-order valence-electron chi connectivity index (χ0n) is 13.6. The minimum absolute atomic E-state index is 0.0203. The Morgan fingerprint density at radius 2 is 2.16 bits per heavy atom. The number of carbonyl (C=O) groups excluding carboxylic acids is 2. The largest absolute Gasteiger partial charge is 0.350 e. The minimum Gasteiger partial charge on any atom is -0.350 e. The van der Waals surface area contributed by atoms with Crippen molar-refractivity contribution in [3.05, 3.63) is 65.5 Å². The van der Waals surface area contributed by atoms with E-state index in [1.165, 1.54) is 0 Å². The lowest BCUT2D eigenvalue weighted by atomic mass is 10.0. The molecule has 2 heterocycles. The van der Waals surface area contributed by atoms with Crippen molar-refractivity contribution in [1.82, 2.24) is 15.2 Å². The molecule has 130 valence electrons. The second-order valence-electron chi connectivity index (χ2n) is 6.03. The van der Waals surface area contributed by atoms with E-state index >= 15 is 0 Å². The van der Waals surface area contributed by atoms with Crippen molar-refractivity contribution >= 4 is 11.8 Å². The Bertz CT molecular complexity index is 798. The third-order valence-electron chi connectivity index (χ3n) is 4.32. The van der Waals surface area contributed by atoms with Gasteiger partial charge in [-0.15, -0.1) is 0 Å². The van der Waals surface area contributed by atoms with Gasteiger partial charge in [0.15, 0.2) is 0 Å². The van der Waals surface area contributed by atoms with Crippen LogP contribution in [-0.2, 0) is 16.0 Å². The van der Waals surface area contributed by atoms with E-state index < -0.39 is 23.6 Å². The zero-order chi connectivity index (χ0) is 18.0. The van der Waals surface area contributed by atoms with Crippen LogP contribution in [0, 0.1) is 11.6 Å². The lowest BCUT2D eigenvalue weighted by Gasteiger charge is -2.25. The topological polar surface area (TPSA) is 62.3 Å². The summed E-state index contributed by atoms with van der Waals surface area (Å²) in [6, 6.07) is 5.78. The average Bonchev–Trinajstić information content (AvgIpc) is 2.85. The molecule has 0 spiro atoms. The minimum atomic E-state index is -0.639. The smallest absolute Gasteiger partial charge is 0.225 e. The fraction of sp³-hybridized carbons (Fsp3) is 0.278. The average molecular weight is 345 g/mol. The lowest BCUT2D eigenvalue weighted by molar-refractivity contribution is -0.127. The Hall–Kier alpha value is -2.83. The molecule has 7 heteroatoms. The molecule has 1 saturated heterocycles. The van der Waals surface area contributed by atoms with Gasteiger partial charge in [-0.2, -0.15) is 0 Å². The molecule has 5 nitrogen and oxygen atoms in total. The monoisotopic (exact) mass is 345 g/mol. The van der Waals surface area contributed by atoms with Crippen LogP contribution < -0.4 is 5.32 Å². The van der Waals surface area contributed by atoms with Crippen molar-refractivity contribution < 1.29 is 18.4 Å². The van der Waals surface area contributed by atoms with Crippen LogP contribution in [0.4, 0.5) is 8.78 Å². The second kappa shape index (κ2) is 6.96. The van der Waals surface area contributed by atoms with Crippen LogP contribution in [0.1, 0.15) is 23.6 Å².